The number of aromatic nitrogens is 1. The van der Waals surface area contributed by atoms with Crippen molar-refractivity contribution in [3.8, 4) is 23.3 Å². The number of thioether (sulfide) groups is 1. The van der Waals surface area contributed by atoms with E-state index in [0.717, 1.165) is 22.4 Å². The van der Waals surface area contributed by atoms with Crippen molar-refractivity contribution in [3.05, 3.63) is 70.3 Å². The number of pyridine rings is 1. The predicted octanol–water partition coefficient (Wildman–Crippen LogP) is 5.51. The van der Waals surface area contributed by atoms with Gasteiger partial charge in [0.2, 0.25) is 5.91 Å². The Hall–Kier alpha value is -3.81. The lowest BCUT2D eigenvalue weighted by atomic mass is 9.96. The molecule has 2 aromatic carbocycles. The fourth-order valence-electron chi connectivity index (χ4n) is 3.62. The fraction of sp³-hybridized carbons (Fsp3) is 0.231. The summed E-state index contributed by atoms with van der Waals surface area (Å²) < 4.78 is 0. The van der Waals surface area contributed by atoms with E-state index in [2.05, 4.69) is 22.4 Å². The molecule has 1 amide bonds. The number of aryl methyl sites for hydroxylation is 3. The largest absolute Gasteiger partial charge is 0.383 e. The van der Waals surface area contributed by atoms with E-state index in [9.17, 15) is 15.3 Å². The molecule has 3 N–H and O–H groups in total. The highest BCUT2D eigenvalue weighted by molar-refractivity contribution is 8.00. The van der Waals surface area contributed by atoms with Gasteiger partial charge in [-0.05, 0) is 56.0 Å². The molecule has 33 heavy (non-hydrogen) atoms. The van der Waals surface area contributed by atoms with Gasteiger partial charge in [0.15, 0.2) is 0 Å². The van der Waals surface area contributed by atoms with E-state index in [4.69, 9.17) is 5.73 Å². The van der Waals surface area contributed by atoms with E-state index >= 15 is 0 Å². The van der Waals surface area contributed by atoms with Gasteiger partial charge in [-0.1, -0.05) is 54.6 Å². The summed E-state index contributed by atoms with van der Waals surface area (Å²) in [7, 11) is 0. The number of hydrogen-bond donors (Lipinski definition) is 2. The number of carbonyl (C=O) groups excluding carboxylic acids is 1. The van der Waals surface area contributed by atoms with Crippen LogP contribution in [0.25, 0.3) is 11.1 Å². The first kappa shape index (κ1) is 23.8. The number of rotatable bonds is 6. The van der Waals surface area contributed by atoms with Gasteiger partial charge >= 0.3 is 0 Å². The van der Waals surface area contributed by atoms with E-state index in [1.165, 1.54) is 11.8 Å². The lowest BCUT2D eigenvalue weighted by molar-refractivity contribution is -0.115. The SMILES string of the molecule is CCC(Sc1nc(N)c(C#N)c(-c2ccc(C)cc2)c1C#N)C(=O)Nc1cc(C)cc(C)c1. The maximum absolute atomic E-state index is 13.0. The fourth-order valence-corrected chi connectivity index (χ4v) is 4.64. The molecule has 0 aliphatic carbocycles. The number of carbonyl (C=O) groups is 1. The zero-order chi connectivity index (χ0) is 24.1. The van der Waals surface area contributed by atoms with Gasteiger partial charge in [-0.25, -0.2) is 4.98 Å². The summed E-state index contributed by atoms with van der Waals surface area (Å²) in [5.41, 5.74) is 11.6. The Morgan fingerprint density at radius 1 is 1.03 bits per heavy atom. The molecule has 0 bridgehead atoms. The molecule has 166 valence electrons. The van der Waals surface area contributed by atoms with Crippen molar-refractivity contribution >= 4 is 29.2 Å². The van der Waals surface area contributed by atoms with Gasteiger partial charge in [-0.3, -0.25) is 4.79 Å². The summed E-state index contributed by atoms with van der Waals surface area (Å²) >= 11 is 1.19. The molecule has 0 fully saturated rings. The van der Waals surface area contributed by atoms with Crippen LogP contribution in [0.1, 0.15) is 41.2 Å². The first-order valence-corrected chi connectivity index (χ1v) is 11.4. The van der Waals surface area contributed by atoms with Crippen molar-refractivity contribution in [2.75, 3.05) is 11.1 Å². The van der Waals surface area contributed by atoms with Crippen molar-refractivity contribution in [3.63, 3.8) is 0 Å². The van der Waals surface area contributed by atoms with Gasteiger partial charge in [0.25, 0.3) is 0 Å². The van der Waals surface area contributed by atoms with Crippen LogP contribution in [0.2, 0.25) is 0 Å². The second-order valence-electron chi connectivity index (χ2n) is 7.90. The lowest BCUT2D eigenvalue weighted by Crippen LogP contribution is -2.25. The first-order valence-electron chi connectivity index (χ1n) is 10.5. The van der Waals surface area contributed by atoms with Crippen molar-refractivity contribution in [1.82, 2.24) is 4.98 Å². The van der Waals surface area contributed by atoms with Crippen LogP contribution < -0.4 is 11.1 Å². The van der Waals surface area contributed by atoms with Crippen molar-refractivity contribution in [2.24, 2.45) is 0 Å². The third kappa shape index (κ3) is 5.34. The molecule has 0 spiro atoms. The molecule has 7 heteroatoms. The minimum Gasteiger partial charge on any atom is -0.383 e. The molecule has 1 unspecified atom stereocenters. The van der Waals surface area contributed by atoms with E-state index in [1.54, 1.807) is 0 Å². The second-order valence-corrected chi connectivity index (χ2v) is 9.09. The predicted molar refractivity (Wildman–Crippen MR) is 133 cm³/mol. The van der Waals surface area contributed by atoms with Gasteiger partial charge in [-0.15, -0.1) is 0 Å². The van der Waals surface area contributed by atoms with Crippen LogP contribution in [0.15, 0.2) is 47.5 Å². The summed E-state index contributed by atoms with van der Waals surface area (Å²) in [6.45, 7) is 7.81. The molecule has 3 rings (SSSR count). The van der Waals surface area contributed by atoms with Gasteiger partial charge < -0.3 is 11.1 Å². The minimum absolute atomic E-state index is 0.0409. The normalized spacial score (nSPS) is 11.3. The monoisotopic (exact) mass is 455 g/mol. The molecule has 0 aliphatic heterocycles. The Morgan fingerprint density at radius 2 is 1.64 bits per heavy atom. The molecular formula is C26H25N5OS. The standard InChI is InChI=1S/C26H25N5OS/c1-5-22(25(32)30-19-11-16(3)10-17(4)12-19)33-26-21(14-28)23(20(13-27)24(29)31-26)18-8-6-15(2)7-9-18/h6-12,22H,5H2,1-4H3,(H2,29,31)(H,30,32). The maximum atomic E-state index is 13.0. The summed E-state index contributed by atoms with van der Waals surface area (Å²) in [6, 6.07) is 17.7. The average Bonchev–Trinajstić information content (AvgIpc) is 2.76. The Morgan fingerprint density at radius 3 is 2.18 bits per heavy atom. The van der Waals surface area contributed by atoms with Gasteiger partial charge in [0.1, 0.15) is 28.5 Å². The summed E-state index contributed by atoms with van der Waals surface area (Å²) in [4.78, 5) is 17.4. The zero-order valence-electron chi connectivity index (χ0n) is 19.1. The van der Waals surface area contributed by atoms with Crippen LogP contribution in [0.3, 0.4) is 0 Å². The van der Waals surface area contributed by atoms with Gasteiger partial charge in [0, 0.05) is 11.3 Å². The smallest absolute Gasteiger partial charge is 0.237 e. The number of nitrogens with two attached hydrogens (primary N) is 1. The second kappa shape index (κ2) is 10.2. The first-order chi connectivity index (χ1) is 15.8. The third-order valence-electron chi connectivity index (χ3n) is 5.16. The molecular weight excluding hydrogens is 430 g/mol. The summed E-state index contributed by atoms with van der Waals surface area (Å²) in [5.74, 6) is -0.142. The highest BCUT2D eigenvalue weighted by Gasteiger charge is 2.25. The lowest BCUT2D eigenvalue weighted by Gasteiger charge is -2.18. The Kier molecular flexibility index (Phi) is 7.37. The number of nitriles is 2. The Labute approximate surface area is 198 Å². The van der Waals surface area contributed by atoms with E-state index in [-0.39, 0.29) is 22.9 Å². The van der Waals surface area contributed by atoms with Crippen molar-refractivity contribution in [2.45, 2.75) is 44.4 Å². The van der Waals surface area contributed by atoms with Crippen LogP contribution in [0.4, 0.5) is 11.5 Å². The molecule has 1 atom stereocenters. The number of benzene rings is 2. The summed E-state index contributed by atoms with van der Waals surface area (Å²) in [6.07, 6.45) is 0.521. The number of nitrogen functional groups attached to an aromatic ring is 1. The zero-order valence-corrected chi connectivity index (χ0v) is 19.9. The van der Waals surface area contributed by atoms with E-state index < -0.39 is 5.25 Å². The van der Waals surface area contributed by atoms with Crippen molar-refractivity contribution < 1.29 is 4.79 Å². The summed E-state index contributed by atoms with van der Waals surface area (Å²) in [5, 5.41) is 22.5. The number of nitrogens with one attached hydrogen (secondary N) is 1. The minimum atomic E-state index is -0.497. The number of nitrogens with zero attached hydrogens (tertiary/aromatic N) is 3. The van der Waals surface area contributed by atoms with Gasteiger partial charge in [0.05, 0.1) is 10.8 Å². The molecule has 0 saturated heterocycles. The highest BCUT2D eigenvalue weighted by Crippen LogP contribution is 2.37. The third-order valence-corrected chi connectivity index (χ3v) is 6.51. The molecule has 6 nitrogen and oxygen atoms in total. The Bertz CT molecular complexity index is 1270. The maximum Gasteiger partial charge on any atom is 0.237 e. The quantitative estimate of drug-likeness (QED) is 0.474. The molecule has 0 radical (unpaired) electrons. The highest BCUT2D eigenvalue weighted by atomic mass is 32.2. The van der Waals surface area contributed by atoms with Crippen LogP contribution in [-0.2, 0) is 4.79 Å². The number of hydrogen-bond acceptors (Lipinski definition) is 6. The topological polar surface area (TPSA) is 116 Å². The van der Waals surface area contributed by atoms with E-state index in [1.807, 2.05) is 70.2 Å². The van der Waals surface area contributed by atoms with E-state index in [0.29, 0.717) is 22.6 Å². The van der Waals surface area contributed by atoms with Gasteiger partial charge in [-0.2, -0.15) is 10.5 Å². The molecule has 3 aromatic rings. The van der Waals surface area contributed by atoms with Crippen molar-refractivity contribution in [1.29, 1.82) is 10.5 Å². The molecule has 0 saturated carbocycles. The van der Waals surface area contributed by atoms with Crippen LogP contribution in [0, 0.1) is 43.4 Å². The number of anilines is 2. The Balaban J connectivity index is 2.01. The van der Waals surface area contributed by atoms with Crippen LogP contribution in [-0.4, -0.2) is 16.1 Å². The number of amides is 1. The molecule has 0 aliphatic rings. The van der Waals surface area contributed by atoms with Crippen LogP contribution in [0.5, 0.6) is 0 Å². The molecule has 1 heterocycles. The van der Waals surface area contributed by atoms with Crippen LogP contribution >= 0.6 is 11.8 Å². The average molecular weight is 456 g/mol. The molecule has 1 aromatic heterocycles.